The number of carboxylic acid groups (broad SMARTS) is 1. The maximum absolute atomic E-state index is 14.0. The first kappa shape index (κ1) is 25.6. The Morgan fingerprint density at radius 2 is 1.44 bits per heavy atom. The van der Waals surface area contributed by atoms with Gasteiger partial charge in [0.2, 0.25) is 0 Å². The van der Waals surface area contributed by atoms with E-state index in [1.165, 1.54) is 41.0 Å². The molecule has 0 saturated carbocycles. The second kappa shape index (κ2) is 9.85. The molecule has 0 aromatic heterocycles. The summed E-state index contributed by atoms with van der Waals surface area (Å²) in [5, 5.41) is 21.7. The van der Waals surface area contributed by atoms with Crippen LogP contribution in [0.2, 0.25) is 19.6 Å². The van der Waals surface area contributed by atoms with Gasteiger partial charge in [-0.1, -0.05) is 37.0 Å². The first-order valence-electron chi connectivity index (χ1n) is 10.1. The largest absolute Gasteiger partial charge is 0.516 e. The van der Waals surface area contributed by atoms with E-state index in [4.69, 9.17) is 9.05 Å². The van der Waals surface area contributed by atoms with Crippen LogP contribution in [0.15, 0.2) is 48.5 Å². The third-order valence-electron chi connectivity index (χ3n) is 4.78. The Hall–Kier alpha value is -2.68. The van der Waals surface area contributed by atoms with Crippen LogP contribution in [0.1, 0.15) is 20.8 Å². The van der Waals surface area contributed by atoms with Crippen molar-refractivity contribution in [3.05, 3.63) is 58.6 Å². The van der Waals surface area contributed by atoms with Gasteiger partial charge in [-0.05, 0) is 45.0 Å². The molecule has 0 saturated heterocycles. The Morgan fingerprint density at radius 1 is 1.00 bits per heavy atom. The fourth-order valence-electron chi connectivity index (χ4n) is 3.08. The minimum atomic E-state index is -4.24. The van der Waals surface area contributed by atoms with Gasteiger partial charge in [-0.2, -0.15) is 4.67 Å². The number of benzene rings is 2. The predicted molar refractivity (Wildman–Crippen MR) is 125 cm³/mol. The number of non-ortho nitro benzene ring substituents is 1. The molecule has 174 valence electrons. The van der Waals surface area contributed by atoms with Gasteiger partial charge in [0.15, 0.2) is 0 Å². The highest BCUT2D eigenvalue weighted by Crippen LogP contribution is 2.54. The van der Waals surface area contributed by atoms with Crippen molar-refractivity contribution in [3.63, 3.8) is 0 Å². The van der Waals surface area contributed by atoms with E-state index in [0.29, 0.717) is 0 Å². The fraction of sp³-hybridized carbons (Fsp3) is 0.381. The Bertz CT molecular complexity index is 1000. The van der Waals surface area contributed by atoms with E-state index in [0.717, 1.165) is 0 Å². The smallest absolute Gasteiger partial charge is 0.480 e. The minimum absolute atomic E-state index is 0.0564. The normalized spacial score (nSPS) is 14.6. The van der Waals surface area contributed by atoms with Gasteiger partial charge < -0.3 is 14.2 Å². The van der Waals surface area contributed by atoms with Crippen LogP contribution in [0.25, 0.3) is 0 Å². The number of nitro groups is 1. The van der Waals surface area contributed by atoms with Crippen molar-refractivity contribution in [2.45, 2.75) is 52.5 Å². The van der Waals surface area contributed by atoms with Crippen molar-refractivity contribution in [2.75, 3.05) is 0 Å². The lowest BCUT2D eigenvalue weighted by atomic mass is 10.3. The van der Waals surface area contributed by atoms with Crippen LogP contribution < -0.4 is 14.2 Å². The fourth-order valence-corrected chi connectivity index (χ4v) is 6.34. The number of hydrogen-bond donors (Lipinski definition) is 1. The molecular weight excluding hydrogens is 451 g/mol. The second-order valence-corrected chi connectivity index (χ2v) is 15.5. The molecule has 2 aromatic carbocycles. The maximum Gasteiger partial charge on any atom is 0.516 e. The first-order chi connectivity index (χ1) is 14.7. The average molecular weight is 481 g/mol. The molecule has 0 heterocycles. The van der Waals surface area contributed by atoms with Gasteiger partial charge >= 0.3 is 13.7 Å². The third-order valence-corrected chi connectivity index (χ3v) is 9.10. The standard InChI is InChI=1S/C21H29N2O7PSi/c1-15(2)22(16(3)21(24)25)31(28,29-18-9-7-17(8-10-18)23(26)27)30-19-11-13-20(14-12-19)32(4,5)6/h7-16H,1-6H3,(H,24,25)/t16-,31?/m0/s1. The van der Waals surface area contributed by atoms with Gasteiger partial charge in [-0.15, -0.1) is 0 Å². The highest BCUT2D eigenvalue weighted by atomic mass is 31.2. The Morgan fingerprint density at radius 3 is 1.78 bits per heavy atom. The first-order valence-corrected chi connectivity index (χ1v) is 15.1. The predicted octanol–water partition coefficient (Wildman–Crippen LogP) is 4.89. The van der Waals surface area contributed by atoms with Crippen LogP contribution in [-0.2, 0) is 9.36 Å². The summed E-state index contributed by atoms with van der Waals surface area (Å²) in [6.45, 7) is 11.3. The number of rotatable bonds is 10. The summed E-state index contributed by atoms with van der Waals surface area (Å²) < 4.78 is 26.7. The molecule has 32 heavy (non-hydrogen) atoms. The summed E-state index contributed by atoms with van der Waals surface area (Å²) in [5.41, 5.74) is -0.158. The monoisotopic (exact) mass is 480 g/mol. The SMILES string of the molecule is CC(C)N([C@@H](C)C(=O)O)P(=O)(Oc1ccc([N+](=O)[O-])cc1)Oc1ccc([Si](C)(C)C)cc1. The molecule has 1 unspecified atom stereocenters. The third kappa shape index (κ3) is 6.18. The number of carbonyl (C=O) groups is 1. The van der Waals surface area contributed by atoms with E-state index in [9.17, 15) is 24.6 Å². The molecule has 0 amide bonds. The van der Waals surface area contributed by atoms with Crippen LogP contribution >= 0.6 is 7.75 Å². The van der Waals surface area contributed by atoms with E-state index in [-0.39, 0.29) is 17.2 Å². The maximum atomic E-state index is 14.0. The van der Waals surface area contributed by atoms with Crippen molar-refractivity contribution in [2.24, 2.45) is 0 Å². The van der Waals surface area contributed by atoms with Crippen LogP contribution in [0.5, 0.6) is 11.5 Å². The van der Waals surface area contributed by atoms with Crippen molar-refractivity contribution >= 4 is 32.7 Å². The van der Waals surface area contributed by atoms with Gasteiger partial charge in [0.25, 0.3) is 5.69 Å². The van der Waals surface area contributed by atoms with Gasteiger partial charge in [-0.3, -0.25) is 14.9 Å². The van der Waals surface area contributed by atoms with E-state index in [1.54, 1.807) is 26.0 Å². The molecule has 2 aromatic rings. The lowest BCUT2D eigenvalue weighted by Crippen LogP contribution is -2.43. The van der Waals surface area contributed by atoms with Crippen LogP contribution in [0, 0.1) is 10.1 Å². The lowest BCUT2D eigenvalue weighted by molar-refractivity contribution is -0.384. The van der Waals surface area contributed by atoms with Gasteiger partial charge in [0, 0.05) is 18.2 Å². The summed E-state index contributed by atoms with van der Waals surface area (Å²) in [5.74, 6) is -0.870. The van der Waals surface area contributed by atoms with E-state index >= 15 is 0 Å². The summed E-state index contributed by atoms with van der Waals surface area (Å²) in [6, 6.07) is 10.5. The van der Waals surface area contributed by atoms with Crippen molar-refractivity contribution in [3.8, 4) is 11.5 Å². The average Bonchev–Trinajstić information content (AvgIpc) is 2.67. The highest BCUT2D eigenvalue weighted by Gasteiger charge is 2.44. The van der Waals surface area contributed by atoms with Gasteiger partial charge in [0.1, 0.15) is 17.5 Å². The molecule has 0 spiro atoms. The molecule has 11 heteroatoms. The lowest BCUT2D eigenvalue weighted by Gasteiger charge is -2.35. The number of nitrogens with zero attached hydrogens (tertiary/aromatic N) is 2. The molecule has 2 atom stereocenters. The van der Waals surface area contributed by atoms with Crippen LogP contribution in [0.3, 0.4) is 0 Å². The van der Waals surface area contributed by atoms with Crippen molar-refractivity contribution in [1.29, 1.82) is 0 Å². The molecule has 0 aliphatic carbocycles. The summed E-state index contributed by atoms with van der Waals surface area (Å²) in [4.78, 5) is 22.1. The van der Waals surface area contributed by atoms with Crippen LogP contribution in [-0.4, -0.2) is 40.8 Å². The van der Waals surface area contributed by atoms with Crippen LogP contribution in [0.4, 0.5) is 5.69 Å². The summed E-state index contributed by atoms with van der Waals surface area (Å²) >= 11 is 0. The minimum Gasteiger partial charge on any atom is -0.480 e. The molecule has 0 radical (unpaired) electrons. The topological polar surface area (TPSA) is 119 Å². The number of aliphatic carboxylic acids is 1. The number of carboxylic acids is 1. The molecule has 0 bridgehead atoms. The van der Waals surface area contributed by atoms with E-state index in [2.05, 4.69) is 19.6 Å². The summed E-state index contributed by atoms with van der Waals surface area (Å²) in [6.07, 6.45) is 0. The van der Waals surface area contributed by atoms with Crippen molar-refractivity contribution in [1.82, 2.24) is 4.67 Å². The van der Waals surface area contributed by atoms with Crippen molar-refractivity contribution < 1.29 is 28.4 Å². The zero-order valence-corrected chi connectivity index (χ0v) is 20.9. The zero-order valence-electron chi connectivity index (χ0n) is 19.0. The molecular formula is C21H29N2O7PSi. The second-order valence-electron chi connectivity index (χ2n) is 8.66. The quantitative estimate of drug-likeness (QED) is 0.221. The zero-order chi connectivity index (χ0) is 24.3. The molecule has 0 aliphatic heterocycles. The molecule has 2 rings (SSSR count). The van der Waals surface area contributed by atoms with Gasteiger partial charge in [-0.25, -0.2) is 4.57 Å². The van der Waals surface area contributed by atoms with Gasteiger partial charge in [0.05, 0.1) is 13.0 Å². The summed E-state index contributed by atoms with van der Waals surface area (Å²) in [7, 11) is -5.80. The Labute approximate surface area is 188 Å². The highest BCUT2D eigenvalue weighted by molar-refractivity contribution is 7.52. The van der Waals surface area contributed by atoms with E-state index in [1.807, 2.05) is 12.1 Å². The van der Waals surface area contributed by atoms with E-state index < -0.39 is 38.8 Å². The molecule has 0 aliphatic rings. The Balaban J connectivity index is 2.48. The molecule has 9 nitrogen and oxygen atoms in total. The number of hydrogen-bond acceptors (Lipinski definition) is 6. The number of nitro benzene ring substituents is 1. The molecule has 0 fully saturated rings. The Kier molecular flexibility index (Phi) is 7.87. The molecule has 1 N–H and O–H groups in total.